The molecule has 1 saturated heterocycles. The molecule has 3 rings (SSSR count). The first-order valence-corrected chi connectivity index (χ1v) is 9.12. The minimum Gasteiger partial charge on any atom is -0.492 e. The van der Waals surface area contributed by atoms with Crippen LogP contribution in [0.2, 0.25) is 0 Å². The maximum atomic E-state index is 10.1. The quantitative estimate of drug-likeness (QED) is 0.795. The van der Waals surface area contributed by atoms with E-state index in [4.69, 9.17) is 9.47 Å². The van der Waals surface area contributed by atoms with Crippen LogP contribution in [0.25, 0.3) is 0 Å². The molecule has 1 fully saturated rings. The molecule has 2 aromatic carbocycles. The summed E-state index contributed by atoms with van der Waals surface area (Å²) in [4.78, 5) is 2.46. The van der Waals surface area contributed by atoms with E-state index in [1.165, 1.54) is 32.4 Å². The molecule has 4 heteroatoms. The zero-order valence-corrected chi connectivity index (χ0v) is 14.6. The van der Waals surface area contributed by atoms with Crippen molar-refractivity contribution in [1.29, 1.82) is 0 Å². The SMILES string of the molecule is OC(COc1ccc(OCCN2CCCCC2)cc1)c1ccccc1. The first-order chi connectivity index (χ1) is 12.3. The fraction of sp³-hybridized carbons (Fsp3) is 0.429. The average Bonchev–Trinajstić information content (AvgIpc) is 2.68. The van der Waals surface area contributed by atoms with Crippen LogP contribution in [0.4, 0.5) is 0 Å². The second kappa shape index (κ2) is 9.44. The van der Waals surface area contributed by atoms with Crippen molar-refractivity contribution in [2.24, 2.45) is 0 Å². The van der Waals surface area contributed by atoms with Gasteiger partial charge in [-0.3, -0.25) is 4.90 Å². The molecule has 1 heterocycles. The Morgan fingerprint density at radius 2 is 1.48 bits per heavy atom. The molecule has 0 saturated carbocycles. The molecule has 2 aromatic rings. The van der Waals surface area contributed by atoms with Crippen molar-refractivity contribution in [1.82, 2.24) is 4.90 Å². The van der Waals surface area contributed by atoms with Gasteiger partial charge < -0.3 is 14.6 Å². The molecule has 4 nitrogen and oxygen atoms in total. The number of aliphatic hydroxyl groups is 1. The van der Waals surface area contributed by atoms with Gasteiger partial charge in [-0.1, -0.05) is 36.8 Å². The number of ether oxygens (including phenoxy) is 2. The smallest absolute Gasteiger partial charge is 0.119 e. The standard InChI is InChI=1S/C21H27NO3/c23-21(18-7-3-1-4-8-18)17-25-20-11-9-19(10-12-20)24-16-15-22-13-5-2-6-14-22/h1,3-4,7-12,21,23H,2,5-6,13-17H2. The third kappa shape index (κ3) is 5.76. The van der Waals surface area contributed by atoms with Crippen LogP contribution < -0.4 is 9.47 Å². The van der Waals surface area contributed by atoms with Crippen molar-refractivity contribution >= 4 is 0 Å². The monoisotopic (exact) mass is 341 g/mol. The van der Waals surface area contributed by atoms with Crippen LogP contribution in [0.1, 0.15) is 30.9 Å². The lowest BCUT2D eigenvalue weighted by Gasteiger charge is -2.26. The Morgan fingerprint density at radius 3 is 2.16 bits per heavy atom. The van der Waals surface area contributed by atoms with Crippen molar-refractivity contribution in [2.75, 3.05) is 32.8 Å². The normalized spacial score (nSPS) is 16.4. The highest BCUT2D eigenvalue weighted by Gasteiger charge is 2.10. The van der Waals surface area contributed by atoms with E-state index in [2.05, 4.69) is 4.90 Å². The van der Waals surface area contributed by atoms with Gasteiger partial charge in [0.05, 0.1) is 0 Å². The van der Waals surface area contributed by atoms with Crippen LogP contribution in [0, 0.1) is 0 Å². The van der Waals surface area contributed by atoms with E-state index in [0.29, 0.717) is 6.61 Å². The molecular weight excluding hydrogens is 314 g/mol. The van der Waals surface area contributed by atoms with Gasteiger partial charge in [0, 0.05) is 6.54 Å². The minimum atomic E-state index is -0.623. The van der Waals surface area contributed by atoms with Gasteiger partial charge in [0.1, 0.15) is 30.8 Å². The molecule has 1 aliphatic rings. The Balaban J connectivity index is 1.39. The van der Waals surface area contributed by atoms with Crippen molar-refractivity contribution in [2.45, 2.75) is 25.4 Å². The van der Waals surface area contributed by atoms with Crippen LogP contribution in [0.3, 0.4) is 0 Å². The molecule has 1 atom stereocenters. The van der Waals surface area contributed by atoms with E-state index in [9.17, 15) is 5.11 Å². The highest BCUT2D eigenvalue weighted by Crippen LogP contribution is 2.20. The zero-order chi connectivity index (χ0) is 17.3. The minimum absolute atomic E-state index is 0.235. The summed E-state index contributed by atoms with van der Waals surface area (Å²) in [5, 5.41) is 10.1. The van der Waals surface area contributed by atoms with Crippen LogP contribution in [0.15, 0.2) is 54.6 Å². The average molecular weight is 341 g/mol. The summed E-state index contributed by atoms with van der Waals surface area (Å²) in [6.45, 7) is 4.33. The number of benzene rings is 2. The Kier molecular flexibility index (Phi) is 6.71. The predicted octanol–water partition coefficient (Wildman–Crippen LogP) is 3.66. The Morgan fingerprint density at radius 1 is 0.840 bits per heavy atom. The number of aliphatic hydroxyl groups excluding tert-OH is 1. The number of rotatable bonds is 8. The molecule has 0 aromatic heterocycles. The van der Waals surface area contributed by atoms with Gasteiger partial charge in [0.2, 0.25) is 0 Å². The summed E-state index contributed by atoms with van der Waals surface area (Å²) in [6, 6.07) is 17.1. The molecule has 1 unspecified atom stereocenters. The van der Waals surface area contributed by atoms with Crippen LogP contribution >= 0.6 is 0 Å². The second-order valence-electron chi connectivity index (χ2n) is 6.46. The van der Waals surface area contributed by atoms with E-state index in [-0.39, 0.29) is 6.61 Å². The van der Waals surface area contributed by atoms with Gasteiger partial charge in [0.15, 0.2) is 0 Å². The van der Waals surface area contributed by atoms with E-state index >= 15 is 0 Å². The number of hydrogen-bond donors (Lipinski definition) is 1. The first-order valence-electron chi connectivity index (χ1n) is 9.12. The maximum absolute atomic E-state index is 10.1. The summed E-state index contributed by atoms with van der Waals surface area (Å²) in [7, 11) is 0. The van der Waals surface area contributed by atoms with Crippen molar-refractivity contribution in [3.8, 4) is 11.5 Å². The van der Waals surface area contributed by atoms with E-state index in [0.717, 1.165) is 23.6 Å². The van der Waals surface area contributed by atoms with Gasteiger partial charge in [-0.25, -0.2) is 0 Å². The highest BCUT2D eigenvalue weighted by atomic mass is 16.5. The Bertz CT molecular complexity index is 609. The van der Waals surface area contributed by atoms with E-state index in [1.54, 1.807) is 0 Å². The number of nitrogens with zero attached hydrogens (tertiary/aromatic N) is 1. The molecule has 0 spiro atoms. The van der Waals surface area contributed by atoms with E-state index in [1.807, 2.05) is 54.6 Å². The van der Waals surface area contributed by atoms with Crippen LogP contribution in [-0.2, 0) is 0 Å². The predicted molar refractivity (Wildman–Crippen MR) is 99.1 cm³/mol. The fourth-order valence-electron chi connectivity index (χ4n) is 3.05. The largest absolute Gasteiger partial charge is 0.492 e. The molecule has 25 heavy (non-hydrogen) atoms. The summed E-state index contributed by atoms with van der Waals surface area (Å²) < 4.78 is 11.5. The lowest BCUT2D eigenvalue weighted by atomic mass is 10.1. The molecule has 0 radical (unpaired) electrons. The zero-order valence-electron chi connectivity index (χ0n) is 14.6. The molecule has 0 amide bonds. The summed E-state index contributed by atoms with van der Waals surface area (Å²) in [6.07, 6.45) is 3.35. The summed E-state index contributed by atoms with van der Waals surface area (Å²) in [5.41, 5.74) is 0.861. The fourth-order valence-corrected chi connectivity index (χ4v) is 3.05. The van der Waals surface area contributed by atoms with Crippen LogP contribution in [-0.4, -0.2) is 42.9 Å². The van der Waals surface area contributed by atoms with Crippen molar-refractivity contribution in [3.63, 3.8) is 0 Å². The van der Waals surface area contributed by atoms with Gasteiger partial charge in [-0.15, -0.1) is 0 Å². The number of hydrogen-bond acceptors (Lipinski definition) is 4. The number of likely N-dealkylation sites (tertiary alicyclic amines) is 1. The van der Waals surface area contributed by atoms with Gasteiger partial charge in [-0.2, -0.15) is 0 Å². The molecule has 134 valence electrons. The summed E-state index contributed by atoms with van der Waals surface area (Å²) in [5.74, 6) is 1.59. The highest BCUT2D eigenvalue weighted by molar-refractivity contribution is 5.31. The molecule has 0 bridgehead atoms. The first kappa shape index (κ1) is 17.8. The lowest BCUT2D eigenvalue weighted by molar-refractivity contribution is 0.108. The molecular formula is C21H27NO3. The molecule has 1 aliphatic heterocycles. The van der Waals surface area contributed by atoms with Gasteiger partial charge in [0.25, 0.3) is 0 Å². The second-order valence-corrected chi connectivity index (χ2v) is 6.46. The lowest BCUT2D eigenvalue weighted by Crippen LogP contribution is -2.33. The maximum Gasteiger partial charge on any atom is 0.119 e. The van der Waals surface area contributed by atoms with Gasteiger partial charge >= 0.3 is 0 Å². The Hall–Kier alpha value is -2.04. The van der Waals surface area contributed by atoms with Crippen LogP contribution in [0.5, 0.6) is 11.5 Å². The number of piperidine rings is 1. The van der Waals surface area contributed by atoms with Crippen molar-refractivity contribution < 1.29 is 14.6 Å². The Labute approximate surface area is 150 Å². The van der Waals surface area contributed by atoms with Gasteiger partial charge in [-0.05, 0) is 55.8 Å². The third-order valence-corrected chi connectivity index (χ3v) is 4.54. The van der Waals surface area contributed by atoms with E-state index < -0.39 is 6.10 Å². The summed E-state index contributed by atoms with van der Waals surface area (Å²) >= 11 is 0. The topological polar surface area (TPSA) is 41.9 Å². The van der Waals surface area contributed by atoms with Crippen molar-refractivity contribution in [3.05, 3.63) is 60.2 Å². The third-order valence-electron chi connectivity index (χ3n) is 4.54. The molecule has 0 aliphatic carbocycles. The molecule has 1 N–H and O–H groups in total.